The molecular formula is C108H70BN3. The summed E-state index contributed by atoms with van der Waals surface area (Å²) in [5.41, 5.74) is 33.9. The standard InChI is InChI=1S/C108H70BN3/c1-9-33-71(34-10-1)79-57-59-100-97(66-79)109-98-67-80(72-35-11-2-12-36-72)58-60-101(98)112(108-93(77-45-21-7-22-46-77)64-83(74-39-15-4-16-40-74)65-94(108)78-47-23-8-24-48-78)104-69-84(68-103(106(104)109)111(100)107-91(75-41-17-5-18-42-75)62-82(73-37-13-3-14-38-73)63-92(107)76-43-19-6-20-44-76)110-99-56-32-31-55-90(99)105-89-54-30-29-53-88(89)96(70-102(105)110)95-61-81-49-25-26-50-85(81)86-51-27-28-52-87(86)95/h1-70H. The fourth-order valence-corrected chi connectivity index (χ4v) is 18.5. The molecule has 0 radical (unpaired) electrons. The van der Waals surface area contributed by atoms with E-state index in [0.29, 0.717) is 0 Å². The van der Waals surface area contributed by atoms with Crippen molar-refractivity contribution in [3.8, 4) is 106 Å². The van der Waals surface area contributed by atoms with Gasteiger partial charge in [0.25, 0.3) is 6.71 Å². The van der Waals surface area contributed by atoms with Crippen molar-refractivity contribution < 1.29 is 0 Å². The normalized spacial score (nSPS) is 12.2. The molecule has 520 valence electrons. The van der Waals surface area contributed by atoms with Crippen LogP contribution in [0.3, 0.4) is 0 Å². The van der Waals surface area contributed by atoms with Gasteiger partial charge in [0.1, 0.15) is 0 Å². The van der Waals surface area contributed by atoms with Crippen molar-refractivity contribution in [1.29, 1.82) is 0 Å². The lowest BCUT2D eigenvalue weighted by atomic mass is 9.33. The maximum atomic E-state index is 2.71. The van der Waals surface area contributed by atoms with E-state index in [2.05, 4.69) is 439 Å². The Hall–Kier alpha value is -14.6. The highest BCUT2D eigenvalue weighted by Gasteiger charge is 2.46. The van der Waals surface area contributed by atoms with Crippen molar-refractivity contribution in [1.82, 2.24) is 4.57 Å². The molecule has 0 saturated heterocycles. The third-order valence-electron chi connectivity index (χ3n) is 23.5. The molecule has 4 heteroatoms. The van der Waals surface area contributed by atoms with Crippen LogP contribution in [-0.2, 0) is 0 Å². The zero-order valence-corrected chi connectivity index (χ0v) is 61.3. The number of para-hydroxylation sites is 1. The van der Waals surface area contributed by atoms with Gasteiger partial charge in [-0.3, -0.25) is 0 Å². The maximum Gasteiger partial charge on any atom is 0.252 e. The zero-order valence-electron chi connectivity index (χ0n) is 61.3. The molecule has 1 aromatic heterocycles. The average molecular weight is 1420 g/mol. The molecule has 112 heavy (non-hydrogen) atoms. The number of fused-ring (bicyclic) bond motifs is 12. The van der Waals surface area contributed by atoms with E-state index < -0.39 is 0 Å². The Labute approximate surface area is 651 Å². The third kappa shape index (κ3) is 10.6. The van der Waals surface area contributed by atoms with E-state index in [9.17, 15) is 0 Å². The molecule has 0 unspecified atom stereocenters. The molecule has 3 nitrogen and oxygen atoms in total. The van der Waals surface area contributed by atoms with Gasteiger partial charge < -0.3 is 14.4 Å². The van der Waals surface area contributed by atoms with E-state index in [-0.39, 0.29) is 6.71 Å². The summed E-state index contributed by atoms with van der Waals surface area (Å²) >= 11 is 0. The zero-order chi connectivity index (χ0) is 73.7. The van der Waals surface area contributed by atoms with Gasteiger partial charge in [-0.25, -0.2) is 0 Å². The number of aromatic nitrogens is 1. The summed E-state index contributed by atoms with van der Waals surface area (Å²) in [6.07, 6.45) is 0. The number of hydrogen-bond acceptors (Lipinski definition) is 2. The summed E-state index contributed by atoms with van der Waals surface area (Å²) < 4.78 is 2.62. The number of benzene rings is 19. The number of rotatable bonds is 12. The Kier molecular flexibility index (Phi) is 15.4. The van der Waals surface area contributed by atoms with Gasteiger partial charge in [-0.15, -0.1) is 0 Å². The van der Waals surface area contributed by atoms with E-state index in [4.69, 9.17) is 0 Å². The van der Waals surface area contributed by atoms with Crippen LogP contribution in [0.15, 0.2) is 425 Å². The van der Waals surface area contributed by atoms with Gasteiger partial charge in [0.05, 0.1) is 28.1 Å². The molecule has 0 aliphatic carbocycles. The summed E-state index contributed by atoms with van der Waals surface area (Å²) in [5.74, 6) is 0. The maximum absolute atomic E-state index is 2.71. The first kappa shape index (κ1) is 64.6. The molecule has 20 aromatic rings. The minimum absolute atomic E-state index is 0.313. The topological polar surface area (TPSA) is 11.4 Å². The number of anilines is 6. The van der Waals surface area contributed by atoms with Crippen LogP contribution in [0.5, 0.6) is 0 Å². The molecule has 0 saturated carbocycles. The Balaban J connectivity index is 0.951. The SMILES string of the molecule is c1ccc(-c2ccc3c(c2)B2c4cc(-c5ccccc5)ccc4N(c4c(-c5ccccc5)cc(-c5ccccc5)cc4-c4ccccc4)c4cc(-n5c6ccccc6c6c7ccccc7c(-c7cc8ccccc8c8ccccc78)cc65)cc(c42)N3c2c(-c3ccccc3)cc(-c3ccccc3)cc2-c2ccccc2)cc1. The van der Waals surface area contributed by atoms with Gasteiger partial charge in [-0.2, -0.15) is 0 Å². The van der Waals surface area contributed by atoms with Gasteiger partial charge in [0, 0.05) is 55.8 Å². The van der Waals surface area contributed by atoms with Crippen molar-refractivity contribution in [3.63, 3.8) is 0 Å². The van der Waals surface area contributed by atoms with E-state index in [1.54, 1.807) is 0 Å². The minimum Gasteiger partial charge on any atom is -0.310 e. The lowest BCUT2D eigenvalue weighted by Gasteiger charge is -2.46. The van der Waals surface area contributed by atoms with Gasteiger partial charge in [-0.05, 0) is 193 Å². The van der Waals surface area contributed by atoms with Crippen LogP contribution in [-0.4, -0.2) is 11.3 Å². The van der Waals surface area contributed by atoms with E-state index in [0.717, 1.165) is 140 Å². The highest BCUT2D eigenvalue weighted by atomic mass is 15.2. The Morgan fingerprint density at radius 1 is 0.188 bits per heavy atom. The van der Waals surface area contributed by atoms with Crippen LogP contribution in [0.2, 0.25) is 0 Å². The summed E-state index contributed by atoms with van der Waals surface area (Å²) in [7, 11) is 0. The van der Waals surface area contributed by atoms with Crippen LogP contribution in [0, 0.1) is 0 Å². The van der Waals surface area contributed by atoms with E-state index in [1.807, 2.05) is 0 Å². The lowest BCUT2D eigenvalue weighted by Crippen LogP contribution is -2.61. The second-order valence-corrected chi connectivity index (χ2v) is 29.7. The number of nitrogens with zero attached hydrogens (tertiary/aromatic N) is 3. The first-order valence-electron chi connectivity index (χ1n) is 38.8. The molecule has 0 atom stereocenters. The summed E-state index contributed by atoms with van der Waals surface area (Å²) in [5, 5.41) is 9.71. The molecule has 0 spiro atoms. The molecule has 19 aromatic carbocycles. The van der Waals surface area contributed by atoms with Crippen molar-refractivity contribution in [2.45, 2.75) is 0 Å². The minimum atomic E-state index is -0.313. The van der Waals surface area contributed by atoms with E-state index in [1.165, 1.54) is 70.6 Å². The Morgan fingerprint density at radius 3 is 0.946 bits per heavy atom. The van der Waals surface area contributed by atoms with Crippen LogP contribution < -0.4 is 26.2 Å². The van der Waals surface area contributed by atoms with Crippen LogP contribution in [0.4, 0.5) is 34.1 Å². The largest absolute Gasteiger partial charge is 0.310 e. The second kappa shape index (κ2) is 26.7. The molecule has 22 rings (SSSR count). The highest BCUT2D eigenvalue weighted by Crippen LogP contribution is 2.56. The van der Waals surface area contributed by atoms with Gasteiger partial charge in [0.2, 0.25) is 0 Å². The molecule has 2 aliphatic heterocycles. The van der Waals surface area contributed by atoms with Gasteiger partial charge in [-0.1, -0.05) is 358 Å². The third-order valence-corrected chi connectivity index (χ3v) is 23.5. The number of hydrogen-bond donors (Lipinski definition) is 0. The predicted octanol–water partition coefficient (Wildman–Crippen LogP) is 27.3. The van der Waals surface area contributed by atoms with Gasteiger partial charge in [0.15, 0.2) is 0 Å². The van der Waals surface area contributed by atoms with E-state index >= 15 is 0 Å². The van der Waals surface area contributed by atoms with Crippen molar-refractivity contribution in [2.24, 2.45) is 0 Å². The highest BCUT2D eigenvalue weighted by molar-refractivity contribution is 7.00. The quantitative estimate of drug-likeness (QED) is 0.0892. The molecule has 3 heterocycles. The molecule has 0 fully saturated rings. The summed E-state index contributed by atoms with van der Waals surface area (Å²) in [4.78, 5) is 5.41. The Bertz CT molecular complexity index is 6680. The van der Waals surface area contributed by atoms with Crippen LogP contribution in [0.1, 0.15) is 0 Å². The van der Waals surface area contributed by atoms with Crippen LogP contribution in [0.25, 0.3) is 160 Å². The fourth-order valence-electron chi connectivity index (χ4n) is 18.5. The predicted molar refractivity (Wildman–Crippen MR) is 476 cm³/mol. The van der Waals surface area contributed by atoms with Crippen molar-refractivity contribution >= 4 is 111 Å². The molecular weight excluding hydrogens is 1350 g/mol. The monoisotopic (exact) mass is 1420 g/mol. The first-order valence-corrected chi connectivity index (χ1v) is 38.8. The van der Waals surface area contributed by atoms with Crippen LogP contribution >= 0.6 is 0 Å². The van der Waals surface area contributed by atoms with Crippen molar-refractivity contribution in [3.05, 3.63) is 425 Å². The molecule has 2 aliphatic rings. The average Bonchev–Trinajstić information content (AvgIpc) is 1.65. The summed E-state index contributed by atoms with van der Waals surface area (Å²) in [6, 6.07) is 159. The summed E-state index contributed by atoms with van der Waals surface area (Å²) in [6.45, 7) is -0.313. The van der Waals surface area contributed by atoms with Gasteiger partial charge >= 0.3 is 0 Å². The molecule has 0 amide bonds. The second-order valence-electron chi connectivity index (χ2n) is 29.7. The molecule has 0 bridgehead atoms. The Morgan fingerprint density at radius 2 is 0.518 bits per heavy atom. The fraction of sp³-hybridized carbons (Fsp3) is 0. The van der Waals surface area contributed by atoms with Crippen molar-refractivity contribution in [2.75, 3.05) is 9.80 Å². The smallest absolute Gasteiger partial charge is 0.252 e. The molecule has 0 N–H and O–H groups in total. The lowest BCUT2D eigenvalue weighted by molar-refractivity contribution is 1.16. The first-order chi connectivity index (χ1) is 55.6.